The Labute approximate surface area is 98.8 Å². The molecule has 17 heavy (non-hydrogen) atoms. The molecule has 0 saturated heterocycles. The van der Waals surface area contributed by atoms with E-state index >= 15 is 0 Å². The highest BCUT2D eigenvalue weighted by Gasteiger charge is 2.07. The summed E-state index contributed by atoms with van der Waals surface area (Å²) in [4.78, 5) is 21.6. The van der Waals surface area contributed by atoms with Crippen LogP contribution in [0.2, 0.25) is 0 Å². The molecule has 0 bridgehead atoms. The Morgan fingerprint density at radius 2 is 2.12 bits per heavy atom. The van der Waals surface area contributed by atoms with E-state index in [0.29, 0.717) is 13.0 Å². The molecule has 0 aliphatic carbocycles. The van der Waals surface area contributed by atoms with E-state index < -0.39 is 17.5 Å². The molecule has 92 valence electrons. The van der Waals surface area contributed by atoms with Crippen molar-refractivity contribution < 1.29 is 18.7 Å². The Morgan fingerprint density at radius 3 is 2.65 bits per heavy atom. The number of halogens is 1. The van der Waals surface area contributed by atoms with Crippen LogP contribution in [0.3, 0.4) is 0 Å². The third-order valence-corrected chi connectivity index (χ3v) is 2.24. The number of carbonyl (C=O) groups is 2. The van der Waals surface area contributed by atoms with Gasteiger partial charge in [0.15, 0.2) is 11.6 Å². The lowest BCUT2D eigenvalue weighted by Crippen LogP contribution is -2.30. The zero-order valence-electron chi connectivity index (χ0n) is 9.75. The molecule has 1 N–H and O–H groups in total. The van der Waals surface area contributed by atoms with Crippen molar-refractivity contribution in [2.75, 3.05) is 13.7 Å². The van der Waals surface area contributed by atoms with E-state index in [9.17, 15) is 14.0 Å². The van der Waals surface area contributed by atoms with Crippen molar-refractivity contribution in [3.63, 3.8) is 0 Å². The first kappa shape index (κ1) is 13.2. The SMILES string of the molecule is COc1ccc(CCNC(=O)C(C)=O)cc1F. The Bertz CT molecular complexity index is 432. The summed E-state index contributed by atoms with van der Waals surface area (Å²) < 4.78 is 18.1. The lowest BCUT2D eigenvalue weighted by atomic mass is 10.1. The van der Waals surface area contributed by atoms with E-state index in [1.54, 1.807) is 6.07 Å². The van der Waals surface area contributed by atoms with Crippen LogP contribution in [0.15, 0.2) is 18.2 Å². The molecule has 0 spiro atoms. The van der Waals surface area contributed by atoms with E-state index in [-0.39, 0.29) is 5.75 Å². The van der Waals surface area contributed by atoms with Gasteiger partial charge in [0.05, 0.1) is 7.11 Å². The summed E-state index contributed by atoms with van der Waals surface area (Å²) in [5, 5.41) is 2.44. The summed E-state index contributed by atoms with van der Waals surface area (Å²) >= 11 is 0. The average molecular weight is 239 g/mol. The van der Waals surface area contributed by atoms with Crippen LogP contribution in [0.5, 0.6) is 5.75 Å². The molecule has 1 aromatic carbocycles. The van der Waals surface area contributed by atoms with Crippen LogP contribution in [0.25, 0.3) is 0 Å². The molecule has 0 aliphatic heterocycles. The van der Waals surface area contributed by atoms with E-state index in [1.165, 1.54) is 26.2 Å². The predicted octanol–water partition coefficient (Wildman–Crippen LogP) is 1.08. The number of ether oxygens (including phenoxy) is 1. The lowest BCUT2D eigenvalue weighted by Gasteiger charge is -2.05. The minimum absolute atomic E-state index is 0.182. The lowest BCUT2D eigenvalue weighted by molar-refractivity contribution is -0.136. The van der Waals surface area contributed by atoms with Gasteiger partial charge in [0.1, 0.15) is 0 Å². The van der Waals surface area contributed by atoms with Gasteiger partial charge < -0.3 is 10.1 Å². The van der Waals surface area contributed by atoms with Crippen LogP contribution in [-0.4, -0.2) is 25.3 Å². The molecule has 0 aliphatic rings. The molecule has 0 heterocycles. The minimum atomic E-state index is -0.626. The number of hydrogen-bond donors (Lipinski definition) is 1. The molecular weight excluding hydrogens is 225 g/mol. The molecule has 0 atom stereocenters. The topological polar surface area (TPSA) is 55.4 Å². The molecule has 0 unspecified atom stereocenters. The van der Waals surface area contributed by atoms with Gasteiger partial charge in [-0.05, 0) is 24.1 Å². The monoisotopic (exact) mass is 239 g/mol. The van der Waals surface area contributed by atoms with Gasteiger partial charge in [0.2, 0.25) is 5.78 Å². The highest BCUT2D eigenvalue weighted by molar-refractivity contribution is 6.35. The number of Topliss-reactive ketones (excluding diaryl/α,β-unsaturated/α-hetero) is 1. The maximum Gasteiger partial charge on any atom is 0.287 e. The van der Waals surface area contributed by atoms with Crippen LogP contribution in [-0.2, 0) is 16.0 Å². The van der Waals surface area contributed by atoms with Gasteiger partial charge >= 0.3 is 0 Å². The minimum Gasteiger partial charge on any atom is -0.494 e. The van der Waals surface area contributed by atoms with Crippen LogP contribution in [0, 0.1) is 5.82 Å². The van der Waals surface area contributed by atoms with Gasteiger partial charge in [-0.25, -0.2) is 4.39 Å². The van der Waals surface area contributed by atoms with Crippen LogP contribution < -0.4 is 10.1 Å². The molecule has 1 aromatic rings. The zero-order valence-corrected chi connectivity index (χ0v) is 9.75. The maximum atomic E-state index is 13.3. The molecule has 0 aromatic heterocycles. The number of methoxy groups -OCH3 is 1. The van der Waals surface area contributed by atoms with E-state index in [1.807, 2.05) is 0 Å². The Kier molecular flexibility index (Phi) is 4.63. The van der Waals surface area contributed by atoms with Crippen molar-refractivity contribution in [1.82, 2.24) is 5.32 Å². The van der Waals surface area contributed by atoms with Gasteiger partial charge in [-0.3, -0.25) is 9.59 Å². The summed E-state index contributed by atoms with van der Waals surface area (Å²) in [6, 6.07) is 4.58. The summed E-state index contributed by atoms with van der Waals surface area (Å²) in [7, 11) is 1.39. The molecule has 0 fully saturated rings. The average Bonchev–Trinajstić information content (AvgIpc) is 2.29. The molecule has 5 heteroatoms. The summed E-state index contributed by atoms with van der Waals surface area (Å²) in [5.41, 5.74) is 0.729. The second-order valence-electron chi connectivity index (χ2n) is 3.53. The van der Waals surface area contributed by atoms with Crippen molar-refractivity contribution >= 4 is 11.7 Å². The number of amides is 1. The fourth-order valence-electron chi connectivity index (χ4n) is 1.31. The van der Waals surface area contributed by atoms with Crippen molar-refractivity contribution in [1.29, 1.82) is 0 Å². The summed E-state index contributed by atoms with van der Waals surface area (Å²) in [5.74, 6) is -1.42. The van der Waals surface area contributed by atoms with Gasteiger partial charge in [-0.1, -0.05) is 6.07 Å². The number of benzene rings is 1. The summed E-state index contributed by atoms with van der Waals surface area (Å²) in [6.45, 7) is 1.49. The fourth-order valence-corrected chi connectivity index (χ4v) is 1.31. The van der Waals surface area contributed by atoms with Gasteiger partial charge in [-0.2, -0.15) is 0 Å². The van der Waals surface area contributed by atoms with Crippen molar-refractivity contribution in [2.24, 2.45) is 0 Å². The molecule has 1 rings (SSSR count). The Balaban J connectivity index is 2.50. The van der Waals surface area contributed by atoms with Crippen molar-refractivity contribution in [3.8, 4) is 5.75 Å². The molecule has 0 radical (unpaired) electrons. The van der Waals surface area contributed by atoms with Crippen LogP contribution in [0.4, 0.5) is 4.39 Å². The first-order chi connectivity index (χ1) is 8.04. The van der Waals surface area contributed by atoms with Gasteiger partial charge in [0, 0.05) is 13.5 Å². The number of carbonyl (C=O) groups excluding carboxylic acids is 2. The molecular formula is C12H14FNO3. The van der Waals surface area contributed by atoms with Gasteiger partial charge in [-0.15, -0.1) is 0 Å². The number of rotatable bonds is 5. The van der Waals surface area contributed by atoms with E-state index in [0.717, 1.165) is 5.56 Å². The Hall–Kier alpha value is -1.91. The Morgan fingerprint density at radius 1 is 1.41 bits per heavy atom. The predicted molar refractivity (Wildman–Crippen MR) is 60.3 cm³/mol. The second kappa shape index (κ2) is 5.98. The highest BCUT2D eigenvalue weighted by atomic mass is 19.1. The molecule has 1 amide bonds. The smallest absolute Gasteiger partial charge is 0.287 e. The zero-order chi connectivity index (χ0) is 12.8. The highest BCUT2D eigenvalue weighted by Crippen LogP contribution is 2.17. The first-order valence-corrected chi connectivity index (χ1v) is 5.15. The third-order valence-electron chi connectivity index (χ3n) is 2.24. The van der Waals surface area contributed by atoms with E-state index in [4.69, 9.17) is 4.74 Å². The maximum absolute atomic E-state index is 13.3. The number of hydrogen-bond acceptors (Lipinski definition) is 3. The molecule has 4 nitrogen and oxygen atoms in total. The van der Waals surface area contributed by atoms with Gasteiger partial charge in [0.25, 0.3) is 5.91 Å². The fraction of sp³-hybridized carbons (Fsp3) is 0.333. The molecule has 0 saturated carbocycles. The van der Waals surface area contributed by atoms with Crippen molar-refractivity contribution in [2.45, 2.75) is 13.3 Å². The first-order valence-electron chi connectivity index (χ1n) is 5.15. The van der Waals surface area contributed by atoms with Crippen LogP contribution >= 0.6 is 0 Å². The third kappa shape index (κ3) is 3.86. The van der Waals surface area contributed by atoms with Crippen molar-refractivity contribution in [3.05, 3.63) is 29.6 Å². The standard InChI is InChI=1S/C12H14FNO3/c1-8(15)12(16)14-6-5-9-3-4-11(17-2)10(13)7-9/h3-4,7H,5-6H2,1-2H3,(H,14,16). The quantitative estimate of drug-likeness (QED) is 0.782. The number of ketones is 1. The largest absolute Gasteiger partial charge is 0.494 e. The number of nitrogens with one attached hydrogen (secondary N) is 1. The van der Waals surface area contributed by atoms with Crippen LogP contribution in [0.1, 0.15) is 12.5 Å². The van der Waals surface area contributed by atoms with E-state index in [2.05, 4.69) is 5.32 Å². The second-order valence-corrected chi connectivity index (χ2v) is 3.53. The normalized spacial score (nSPS) is 9.82. The summed E-state index contributed by atoms with van der Waals surface area (Å²) in [6.07, 6.45) is 0.458.